The van der Waals surface area contributed by atoms with Crippen molar-refractivity contribution >= 4 is 0 Å². The van der Waals surface area contributed by atoms with Crippen LogP contribution in [0.3, 0.4) is 0 Å². The van der Waals surface area contributed by atoms with Crippen LogP contribution >= 0.6 is 0 Å². The molecule has 2 saturated carbocycles. The number of hydrogen-bond acceptors (Lipinski definition) is 3. The maximum absolute atomic E-state index is 10.5. The number of hydrogen-bond donors (Lipinski definition) is 1. The molecule has 0 aromatic carbocycles. The molecule has 0 saturated heterocycles. The second kappa shape index (κ2) is 8.75. The lowest BCUT2D eigenvalue weighted by Gasteiger charge is -2.45. The van der Waals surface area contributed by atoms with E-state index < -0.39 is 0 Å². The zero-order valence-corrected chi connectivity index (χ0v) is 18.1. The fourth-order valence-corrected chi connectivity index (χ4v) is 6.05. The van der Waals surface area contributed by atoms with Gasteiger partial charge in [-0.1, -0.05) is 46.3 Å². The maximum atomic E-state index is 10.5. The lowest BCUT2D eigenvalue weighted by Crippen LogP contribution is -2.41. The Hall–Kier alpha value is -0.380. The number of aliphatic hydroxyl groups is 1. The van der Waals surface area contributed by atoms with Crippen LogP contribution in [0.2, 0.25) is 0 Å². The van der Waals surface area contributed by atoms with Crippen LogP contribution < -0.4 is 0 Å². The normalized spacial score (nSPS) is 35.0. The van der Waals surface area contributed by atoms with Crippen molar-refractivity contribution < 1.29 is 14.6 Å². The van der Waals surface area contributed by atoms with Gasteiger partial charge in [-0.3, -0.25) is 0 Å². The first-order valence-electron chi connectivity index (χ1n) is 10.6. The summed E-state index contributed by atoms with van der Waals surface area (Å²) in [6.07, 6.45) is 10.6. The number of fused-ring (bicyclic) bond motifs is 1. The average molecular weight is 367 g/mol. The number of aliphatic hydroxyl groups excluding tert-OH is 1. The summed E-state index contributed by atoms with van der Waals surface area (Å²) in [5, 5.41) is 10.5. The molecule has 0 radical (unpaired) electrons. The second-order valence-corrected chi connectivity index (χ2v) is 9.92. The molecule has 2 fully saturated rings. The predicted octanol–water partition coefficient (Wildman–Crippen LogP) is 5.43. The highest BCUT2D eigenvalue weighted by atomic mass is 16.7. The van der Waals surface area contributed by atoms with Crippen molar-refractivity contribution in [2.75, 3.05) is 13.9 Å². The van der Waals surface area contributed by atoms with Gasteiger partial charge in [-0.05, 0) is 68.6 Å². The van der Waals surface area contributed by atoms with E-state index in [2.05, 4.69) is 53.7 Å². The summed E-state index contributed by atoms with van der Waals surface area (Å²) >= 11 is 0. The largest absolute Gasteiger partial charge is 0.393 e. The number of methoxy groups -OCH3 is 1. The standard InChI is InChI=1S/C23H42O3/c1-16(2)18(22(4,5)26-15-25-7)11-10-17(3)19-12-13-20-21(24)9-8-14-23(19,20)6/h10-11,16-21,24H,8-9,12-15H2,1-7H3/b11-10+/t17-,18-,19-,20+,21+,23-/m1/s1. The van der Waals surface area contributed by atoms with Crippen molar-refractivity contribution in [3.8, 4) is 0 Å². The molecule has 0 spiro atoms. The van der Waals surface area contributed by atoms with E-state index in [9.17, 15) is 5.11 Å². The molecular formula is C23H42O3. The van der Waals surface area contributed by atoms with Crippen LogP contribution in [-0.4, -0.2) is 30.7 Å². The Morgan fingerprint density at radius 1 is 1.15 bits per heavy atom. The summed E-state index contributed by atoms with van der Waals surface area (Å²) in [7, 11) is 1.67. The van der Waals surface area contributed by atoms with Crippen LogP contribution in [0.4, 0.5) is 0 Å². The highest BCUT2D eigenvalue weighted by Gasteiger charge is 2.51. The first-order valence-corrected chi connectivity index (χ1v) is 10.6. The Kier molecular flexibility index (Phi) is 7.38. The molecule has 2 rings (SSSR count). The highest BCUT2D eigenvalue weighted by molar-refractivity contribution is 5.07. The number of allylic oxidation sites excluding steroid dienone is 1. The van der Waals surface area contributed by atoms with E-state index in [-0.39, 0.29) is 11.7 Å². The summed E-state index contributed by atoms with van der Waals surface area (Å²) in [6.45, 7) is 14.0. The number of ether oxygens (including phenoxy) is 2. The van der Waals surface area contributed by atoms with E-state index >= 15 is 0 Å². The van der Waals surface area contributed by atoms with Gasteiger partial charge in [0.05, 0.1) is 11.7 Å². The molecule has 152 valence electrons. The van der Waals surface area contributed by atoms with Crippen LogP contribution in [-0.2, 0) is 9.47 Å². The summed E-state index contributed by atoms with van der Waals surface area (Å²) in [4.78, 5) is 0. The molecule has 0 bridgehead atoms. The van der Waals surface area contributed by atoms with Gasteiger partial charge in [0.2, 0.25) is 0 Å². The SMILES string of the molecule is COCOC(C)(C)[C@H](/C=C/[C@@H](C)[C@H]1CC[C@H]2[C@@H](O)CCC[C@]12C)C(C)C. The zero-order valence-electron chi connectivity index (χ0n) is 18.1. The number of rotatable bonds is 8. The minimum Gasteiger partial charge on any atom is -0.393 e. The van der Waals surface area contributed by atoms with Crippen LogP contribution in [0, 0.1) is 35.0 Å². The average Bonchev–Trinajstić information content (AvgIpc) is 2.91. The smallest absolute Gasteiger partial charge is 0.147 e. The van der Waals surface area contributed by atoms with Gasteiger partial charge in [0.15, 0.2) is 0 Å². The monoisotopic (exact) mass is 366 g/mol. The molecule has 1 N–H and O–H groups in total. The summed E-state index contributed by atoms with van der Waals surface area (Å²) in [5.41, 5.74) is 0.0559. The lowest BCUT2D eigenvalue weighted by molar-refractivity contribution is -0.137. The van der Waals surface area contributed by atoms with Crippen molar-refractivity contribution in [1.82, 2.24) is 0 Å². The molecule has 6 atom stereocenters. The zero-order chi connectivity index (χ0) is 19.5. The predicted molar refractivity (Wildman–Crippen MR) is 108 cm³/mol. The molecule has 0 aromatic rings. The topological polar surface area (TPSA) is 38.7 Å². The molecule has 0 heterocycles. The summed E-state index contributed by atoms with van der Waals surface area (Å²) in [6, 6.07) is 0. The van der Waals surface area contributed by atoms with Gasteiger partial charge in [-0.15, -0.1) is 0 Å². The molecule has 0 unspecified atom stereocenters. The Labute approximate surface area is 161 Å². The Balaban J connectivity index is 2.10. The molecule has 3 nitrogen and oxygen atoms in total. The van der Waals surface area contributed by atoms with Gasteiger partial charge in [0.25, 0.3) is 0 Å². The van der Waals surface area contributed by atoms with Crippen LogP contribution in [0.25, 0.3) is 0 Å². The molecule has 0 amide bonds. The third-order valence-electron chi connectivity index (χ3n) is 7.49. The first-order chi connectivity index (χ1) is 12.1. The van der Waals surface area contributed by atoms with Crippen LogP contribution in [0.1, 0.15) is 73.6 Å². The van der Waals surface area contributed by atoms with Crippen molar-refractivity contribution in [3.63, 3.8) is 0 Å². The Bertz CT molecular complexity index is 470. The third-order valence-corrected chi connectivity index (χ3v) is 7.49. The lowest BCUT2D eigenvalue weighted by atomic mass is 9.62. The fraction of sp³-hybridized carbons (Fsp3) is 0.913. The van der Waals surface area contributed by atoms with E-state index in [1.165, 1.54) is 25.7 Å². The van der Waals surface area contributed by atoms with E-state index in [0.717, 1.165) is 6.42 Å². The summed E-state index contributed by atoms with van der Waals surface area (Å²) < 4.78 is 11.1. The van der Waals surface area contributed by atoms with Crippen LogP contribution in [0.5, 0.6) is 0 Å². The van der Waals surface area contributed by atoms with Gasteiger partial charge < -0.3 is 14.6 Å². The molecule has 0 aliphatic heterocycles. The molecular weight excluding hydrogens is 324 g/mol. The first kappa shape index (κ1) is 21.9. The third kappa shape index (κ3) is 4.54. The maximum Gasteiger partial charge on any atom is 0.147 e. The fourth-order valence-electron chi connectivity index (χ4n) is 6.05. The van der Waals surface area contributed by atoms with Crippen molar-refractivity contribution in [2.24, 2.45) is 35.0 Å². The van der Waals surface area contributed by atoms with Gasteiger partial charge >= 0.3 is 0 Å². The highest BCUT2D eigenvalue weighted by Crippen LogP contribution is 2.57. The van der Waals surface area contributed by atoms with Gasteiger partial charge in [-0.2, -0.15) is 0 Å². The van der Waals surface area contributed by atoms with E-state index in [0.29, 0.717) is 41.8 Å². The minimum absolute atomic E-state index is 0.0836. The van der Waals surface area contributed by atoms with Crippen molar-refractivity contribution in [1.29, 1.82) is 0 Å². The van der Waals surface area contributed by atoms with Gasteiger partial charge in [-0.25, -0.2) is 0 Å². The van der Waals surface area contributed by atoms with E-state index in [1.54, 1.807) is 7.11 Å². The van der Waals surface area contributed by atoms with Crippen LogP contribution in [0.15, 0.2) is 12.2 Å². The molecule has 3 heteroatoms. The minimum atomic E-state index is -0.246. The van der Waals surface area contributed by atoms with E-state index in [4.69, 9.17) is 9.47 Å². The second-order valence-electron chi connectivity index (χ2n) is 9.92. The van der Waals surface area contributed by atoms with Crippen molar-refractivity contribution in [2.45, 2.75) is 85.4 Å². The van der Waals surface area contributed by atoms with Gasteiger partial charge in [0, 0.05) is 13.0 Å². The van der Waals surface area contributed by atoms with Gasteiger partial charge in [0.1, 0.15) is 6.79 Å². The molecule has 0 aromatic heterocycles. The summed E-state index contributed by atoms with van der Waals surface area (Å²) in [5.74, 6) is 2.57. The molecule has 26 heavy (non-hydrogen) atoms. The molecule has 2 aliphatic rings. The van der Waals surface area contributed by atoms with Crippen molar-refractivity contribution in [3.05, 3.63) is 12.2 Å². The quantitative estimate of drug-likeness (QED) is 0.460. The Morgan fingerprint density at radius 2 is 1.85 bits per heavy atom. The molecule has 2 aliphatic carbocycles. The Morgan fingerprint density at radius 3 is 2.46 bits per heavy atom. The van der Waals surface area contributed by atoms with E-state index in [1.807, 2.05) is 0 Å².